The first-order chi connectivity index (χ1) is 14.6. The van der Waals surface area contributed by atoms with Crippen LogP contribution in [0.3, 0.4) is 0 Å². The molecule has 0 saturated heterocycles. The second kappa shape index (κ2) is 9.78. The third-order valence-corrected chi connectivity index (χ3v) is 4.64. The lowest BCUT2D eigenvalue weighted by Crippen LogP contribution is -2.07. The topological polar surface area (TPSA) is 94.6 Å². The van der Waals surface area contributed by atoms with E-state index < -0.39 is 5.91 Å². The number of azo groups is 1. The number of nitrogens with zero attached hydrogens (tertiary/aromatic N) is 3. The van der Waals surface area contributed by atoms with Crippen molar-refractivity contribution < 1.29 is 24.1 Å². The van der Waals surface area contributed by atoms with Crippen molar-refractivity contribution in [3.63, 3.8) is 0 Å². The van der Waals surface area contributed by atoms with Crippen molar-refractivity contribution in [2.45, 2.75) is 26.3 Å². The molecule has 0 aliphatic rings. The average molecular weight is 411 g/mol. The van der Waals surface area contributed by atoms with Gasteiger partial charge in [0.2, 0.25) is 5.88 Å². The highest BCUT2D eigenvalue weighted by molar-refractivity contribution is 5.96. The number of amides is 1. The lowest BCUT2D eigenvalue weighted by atomic mass is 10.2. The van der Waals surface area contributed by atoms with Crippen LogP contribution < -0.4 is 14.2 Å². The van der Waals surface area contributed by atoms with E-state index in [0.717, 1.165) is 18.4 Å². The monoisotopic (exact) mass is 411 g/mol. The quantitative estimate of drug-likeness (QED) is 0.508. The van der Waals surface area contributed by atoms with Crippen molar-refractivity contribution in [2.75, 3.05) is 20.8 Å². The highest BCUT2D eigenvalue weighted by Gasteiger charge is 2.17. The predicted octanol–water partition coefficient (Wildman–Crippen LogP) is 4.85. The number of fused-ring (bicyclic) bond motifs is 1. The molecule has 0 radical (unpaired) electrons. The van der Waals surface area contributed by atoms with Crippen molar-refractivity contribution in [3.05, 3.63) is 42.5 Å². The van der Waals surface area contributed by atoms with E-state index in [1.165, 1.54) is 0 Å². The van der Waals surface area contributed by atoms with E-state index in [0.29, 0.717) is 29.2 Å². The first kappa shape index (κ1) is 21.2. The summed E-state index contributed by atoms with van der Waals surface area (Å²) < 4.78 is 17.5. The summed E-state index contributed by atoms with van der Waals surface area (Å²) in [5.74, 6) is 1.24. The molecule has 1 heterocycles. The second-order valence-electron chi connectivity index (χ2n) is 6.62. The lowest BCUT2D eigenvalue weighted by molar-refractivity contribution is -0.120. The third kappa shape index (κ3) is 4.71. The molecule has 8 nitrogen and oxygen atoms in total. The minimum atomic E-state index is -0.567. The molecule has 2 aromatic carbocycles. The molecular formula is C22H25N3O5. The number of methoxy groups -OCH3 is 2. The summed E-state index contributed by atoms with van der Waals surface area (Å²) in [5, 5.41) is 19.1. The Kier molecular flexibility index (Phi) is 6.90. The molecule has 158 valence electrons. The second-order valence-corrected chi connectivity index (χ2v) is 6.62. The van der Waals surface area contributed by atoms with Gasteiger partial charge in [0.1, 0.15) is 17.2 Å². The number of benzene rings is 2. The zero-order valence-electron chi connectivity index (χ0n) is 17.3. The van der Waals surface area contributed by atoms with Gasteiger partial charge in [-0.3, -0.25) is 4.79 Å². The molecule has 30 heavy (non-hydrogen) atoms. The molecule has 0 saturated carbocycles. The molecule has 1 aromatic heterocycles. The van der Waals surface area contributed by atoms with Crippen LogP contribution in [0.4, 0.5) is 5.69 Å². The van der Waals surface area contributed by atoms with Gasteiger partial charge in [-0.05, 0) is 48.9 Å². The number of rotatable bonds is 9. The fourth-order valence-electron chi connectivity index (χ4n) is 3.02. The predicted molar refractivity (Wildman–Crippen MR) is 113 cm³/mol. The third-order valence-electron chi connectivity index (χ3n) is 4.64. The maximum Gasteiger partial charge on any atom is 0.302 e. The fourth-order valence-corrected chi connectivity index (χ4v) is 3.02. The number of hydrogen-bond acceptors (Lipinski definition) is 6. The zero-order chi connectivity index (χ0) is 21.5. The number of unbranched alkanes of at least 4 members (excludes halogenated alkanes) is 1. The van der Waals surface area contributed by atoms with Crippen LogP contribution in [0.1, 0.15) is 19.8 Å². The van der Waals surface area contributed by atoms with Gasteiger partial charge in [0.25, 0.3) is 0 Å². The van der Waals surface area contributed by atoms with E-state index in [1.807, 2.05) is 12.1 Å². The summed E-state index contributed by atoms with van der Waals surface area (Å²) in [5.41, 5.74) is 1.04. The van der Waals surface area contributed by atoms with Gasteiger partial charge < -0.3 is 23.9 Å². The normalized spacial score (nSPS) is 11.2. The minimum absolute atomic E-state index is 0.0284. The Hall–Kier alpha value is -3.55. The standard InChI is InChI=1S/C22H25N3O5/c1-4-5-12-25-19-11-10-17(29-3)13-18(19)21(22(25)27)24-23-20(26)14-30-16-8-6-15(28-2)7-9-16/h6-11,13,27H,4-5,12,14H2,1-3H3. The highest BCUT2D eigenvalue weighted by atomic mass is 16.5. The van der Waals surface area contributed by atoms with Crippen LogP contribution in [0.2, 0.25) is 0 Å². The smallest absolute Gasteiger partial charge is 0.302 e. The Labute approximate surface area is 174 Å². The number of hydrogen-bond donors (Lipinski definition) is 1. The van der Waals surface area contributed by atoms with Crippen LogP contribution in [0, 0.1) is 0 Å². The molecule has 3 aromatic rings. The van der Waals surface area contributed by atoms with Gasteiger partial charge in [-0.25, -0.2) is 0 Å². The average Bonchev–Trinajstić information content (AvgIpc) is 3.04. The Balaban J connectivity index is 1.79. The number of carbonyl (C=O) groups excluding carboxylic acids is 1. The Morgan fingerprint density at radius 1 is 1.03 bits per heavy atom. The molecule has 0 aliphatic heterocycles. The maximum atomic E-state index is 12.1. The van der Waals surface area contributed by atoms with Gasteiger partial charge in [-0.15, -0.1) is 10.2 Å². The van der Waals surface area contributed by atoms with Crippen LogP contribution in [0.5, 0.6) is 23.1 Å². The highest BCUT2D eigenvalue weighted by Crippen LogP contribution is 2.40. The number of carbonyl (C=O) groups is 1. The molecule has 1 amide bonds. The molecule has 1 N–H and O–H groups in total. The van der Waals surface area contributed by atoms with Crippen molar-refractivity contribution in [3.8, 4) is 23.1 Å². The summed E-state index contributed by atoms with van der Waals surface area (Å²) in [6.07, 6.45) is 1.88. The van der Waals surface area contributed by atoms with E-state index in [4.69, 9.17) is 14.2 Å². The van der Waals surface area contributed by atoms with Crippen LogP contribution in [-0.2, 0) is 11.3 Å². The number of aromatic hydroxyl groups is 1. The molecule has 0 spiro atoms. The summed E-state index contributed by atoms with van der Waals surface area (Å²) in [4.78, 5) is 12.1. The first-order valence-electron chi connectivity index (χ1n) is 9.68. The summed E-state index contributed by atoms with van der Waals surface area (Å²) in [7, 11) is 3.14. The van der Waals surface area contributed by atoms with Gasteiger partial charge in [0.15, 0.2) is 12.3 Å². The maximum absolute atomic E-state index is 12.1. The number of aryl methyl sites for hydroxylation is 1. The summed E-state index contributed by atoms with van der Waals surface area (Å²) >= 11 is 0. The van der Waals surface area contributed by atoms with Crippen molar-refractivity contribution in [1.82, 2.24) is 4.57 Å². The van der Waals surface area contributed by atoms with Gasteiger partial charge in [-0.2, -0.15) is 0 Å². The van der Waals surface area contributed by atoms with Gasteiger partial charge in [0, 0.05) is 11.9 Å². The van der Waals surface area contributed by atoms with Crippen LogP contribution in [-0.4, -0.2) is 36.4 Å². The molecular weight excluding hydrogens is 386 g/mol. The van der Waals surface area contributed by atoms with E-state index in [1.54, 1.807) is 49.1 Å². The molecule has 0 aliphatic carbocycles. The van der Waals surface area contributed by atoms with E-state index in [9.17, 15) is 9.90 Å². The molecule has 3 rings (SSSR count). The SMILES string of the molecule is CCCCn1c(O)c(N=NC(=O)COc2ccc(OC)cc2)c2cc(OC)ccc21. The molecule has 8 heteroatoms. The van der Waals surface area contributed by atoms with Gasteiger partial charge in [0.05, 0.1) is 19.7 Å². The molecule has 0 unspecified atom stereocenters. The Morgan fingerprint density at radius 2 is 1.70 bits per heavy atom. The molecule has 0 bridgehead atoms. The van der Waals surface area contributed by atoms with E-state index >= 15 is 0 Å². The van der Waals surface area contributed by atoms with Crippen LogP contribution in [0.15, 0.2) is 52.7 Å². The van der Waals surface area contributed by atoms with Gasteiger partial charge in [-0.1, -0.05) is 13.3 Å². The largest absolute Gasteiger partial charge is 0.497 e. The summed E-state index contributed by atoms with van der Waals surface area (Å²) in [6.45, 7) is 2.44. The van der Waals surface area contributed by atoms with Crippen molar-refractivity contribution in [2.24, 2.45) is 10.2 Å². The lowest BCUT2D eigenvalue weighted by Gasteiger charge is -2.06. The van der Waals surface area contributed by atoms with Crippen LogP contribution in [0.25, 0.3) is 10.9 Å². The molecule has 0 fully saturated rings. The Bertz CT molecular complexity index is 1040. The number of ether oxygens (including phenoxy) is 3. The van der Waals surface area contributed by atoms with E-state index in [2.05, 4.69) is 17.2 Å². The first-order valence-corrected chi connectivity index (χ1v) is 9.68. The summed E-state index contributed by atoms with van der Waals surface area (Å²) in [6, 6.07) is 12.3. The zero-order valence-corrected chi connectivity index (χ0v) is 17.3. The Morgan fingerprint density at radius 3 is 2.37 bits per heavy atom. The van der Waals surface area contributed by atoms with Gasteiger partial charge >= 0.3 is 5.91 Å². The number of aromatic nitrogens is 1. The van der Waals surface area contributed by atoms with Crippen molar-refractivity contribution >= 4 is 22.5 Å². The van der Waals surface area contributed by atoms with Crippen molar-refractivity contribution in [1.29, 1.82) is 0 Å². The minimum Gasteiger partial charge on any atom is -0.497 e. The van der Waals surface area contributed by atoms with E-state index in [-0.39, 0.29) is 18.2 Å². The van der Waals surface area contributed by atoms with Crippen LogP contribution >= 0.6 is 0 Å². The fraction of sp³-hybridized carbons (Fsp3) is 0.318. The molecule has 0 atom stereocenters.